The highest BCUT2D eigenvalue weighted by molar-refractivity contribution is 5.95. The monoisotopic (exact) mass is 474 g/mol. The van der Waals surface area contributed by atoms with Gasteiger partial charge in [0.1, 0.15) is 18.1 Å². The summed E-state index contributed by atoms with van der Waals surface area (Å²) in [5.41, 5.74) is 12.0. The van der Waals surface area contributed by atoms with Gasteiger partial charge in [-0.3, -0.25) is 19.2 Å². The van der Waals surface area contributed by atoms with Crippen LogP contribution < -0.4 is 27.4 Å². The van der Waals surface area contributed by atoms with Crippen LogP contribution in [0.15, 0.2) is 30.3 Å². The standard InChI is InChI=1S/C24H38N6O4/c1-16(27-2)22(32)28-18(11-6-7-13-25)24(34)30-14-8-12-20(30)23(33)29-19(21(26)31)15-17-9-4-3-5-10-17/h3-5,9-10,16,18-20,27H,6-8,11-15,25H2,1-2H3,(H2,26,31)(H,28,32)(H,29,33)/t16-,18-,19-,20-/m0/s1. The third kappa shape index (κ3) is 7.81. The summed E-state index contributed by atoms with van der Waals surface area (Å²) in [4.78, 5) is 52.5. The molecule has 1 aromatic rings. The third-order valence-corrected chi connectivity index (χ3v) is 6.17. The van der Waals surface area contributed by atoms with Crippen molar-refractivity contribution in [3.8, 4) is 0 Å². The summed E-state index contributed by atoms with van der Waals surface area (Å²) in [7, 11) is 1.67. The molecule has 0 aliphatic carbocycles. The lowest BCUT2D eigenvalue weighted by Gasteiger charge is -2.30. The molecule has 1 fully saturated rings. The SMILES string of the molecule is CN[C@@H](C)C(=O)N[C@@H](CCCCN)C(=O)N1CCC[C@H]1C(=O)N[C@@H](Cc1ccccc1)C(N)=O. The van der Waals surface area contributed by atoms with E-state index in [1.807, 2.05) is 30.3 Å². The van der Waals surface area contributed by atoms with Crippen molar-refractivity contribution in [1.82, 2.24) is 20.9 Å². The van der Waals surface area contributed by atoms with Crippen LogP contribution in [0.3, 0.4) is 0 Å². The van der Waals surface area contributed by atoms with Gasteiger partial charge in [0.2, 0.25) is 23.6 Å². The Bertz CT molecular complexity index is 834. The molecule has 2 rings (SSSR count). The minimum atomic E-state index is -0.885. The molecule has 4 amide bonds. The highest BCUT2D eigenvalue weighted by Crippen LogP contribution is 2.20. The molecule has 0 saturated carbocycles. The van der Waals surface area contributed by atoms with Crippen molar-refractivity contribution in [2.24, 2.45) is 11.5 Å². The summed E-state index contributed by atoms with van der Waals surface area (Å²) in [6.45, 7) is 2.60. The largest absolute Gasteiger partial charge is 0.368 e. The highest BCUT2D eigenvalue weighted by atomic mass is 16.2. The molecule has 7 N–H and O–H groups in total. The zero-order valence-electron chi connectivity index (χ0n) is 20.1. The first-order valence-corrected chi connectivity index (χ1v) is 11.9. The molecule has 188 valence electrons. The molecule has 1 saturated heterocycles. The smallest absolute Gasteiger partial charge is 0.245 e. The Kier molecular flexibility index (Phi) is 11.0. The lowest BCUT2D eigenvalue weighted by atomic mass is 10.0. The van der Waals surface area contributed by atoms with Gasteiger partial charge in [-0.15, -0.1) is 0 Å². The van der Waals surface area contributed by atoms with Gasteiger partial charge >= 0.3 is 0 Å². The van der Waals surface area contributed by atoms with Gasteiger partial charge in [-0.1, -0.05) is 30.3 Å². The van der Waals surface area contributed by atoms with E-state index in [1.54, 1.807) is 14.0 Å². The molecule has 1 aliphatic heterocycles. The van der Waals surface area contributed by atoms with E-state index in [9.17, 15) is 19.2 Å². The van der Waals surface area contributed by atoms with Crippen LogP contribution >= 0.6 is 0 Å². The molecule has 0 aromatic heterocycles. The molecule has 0 unspecified atom stereocenters. The van der Waals surface area contributed by atoms with Gasteiger partial charge in [0, 0.05) is 13.0 Å². The Hall–Kier alpha value is -2.98. The predicted octanol–water partition coefficient (Wildman–Crippen LogP) is -0.588. The molecular formula is C24H38N6O4. The molecule has 0 radical (unpaired) electrons. The summed E-state index contributed by atoms with van der Waals surface area (Å²) in [5.74, 6) is -1.64. The second kappa shape index (κ2) is 13.7. The van der Waals surface area contributed by atoms with Crippen molar-refractivity contribution in [1.29, 1.82) is 0 Å². The van der Waals surface area contributed by atoms with E-state index in [0.717, 1.165) is 12.0 Å². The van der Waals surface area contributed by atoms with Gasteiger partial charge in [0.15, 0.2) is 0 Å². The van der Waals surface area contributed by atoms with E-state index in [-0.39, 0.29) is 18.2 Å². The van der Waals surface area contributed by atoms with Gasteiger partial charge < -0.3 is 32.3 Å². The predicted molar refractivity (Wildman–Crippen MR) is 129 cm³/mol. The highest BCUT2D eigenvalue weighted by Gasteiger charge is 2.38. The fraction of sp³-hybridized carbons (Fsp3) is 0.583. The number of carbonyl (C=O) groups excluding carboxylic acids is 4. The molecule has 10 heteroatoms. The van der Waals surface area contributed by atoms with Crippen LogP contribution in [0.1, 0.15) is 44.6 Å². The number of unbranched alkanes of at least 4 members (excludes halogenated alkanes) is 1. The Morgan fingerprint density at radius 3 is 2.41 bits per heavy atom. The minimum Gasteiger partial charge on any atom is -0.368 e. The van der Waals surface area contributed by atoms with Crippen molar-refractivity contribution in [3.05, 3.63) is 35.9 Å². The maximum absolute atomic E-state index is 13.4. The summed E-state index contributed by atoms with van der Waals surface area (Å²) in [5, 5.41) is 8.41. The van der Waals surface area contributed by atoms with Crippen LogP contribution in [0.25, 0.3) is 0 Å². The zero-order chi connectivity index (χ0) is 25.1. The maximum atomic E-state index is 13.4. The second-order valence-electron chi connectivity index (χ2n) is 8.70. The van der Waals surface area contributed by atoms with Crippen LogP contribution in [0, 0.1) is 0 Å². The molecule has 0 bridgehead atoms. The Labute approximate surface area is 201 Å². The molecule has 4 atom stereocenters. The minimum absolute atomic E-state index is 0.266. The first-order valence-electron chi connectivity index (χ1n) is 11.9. The van der Waals surface area contributed by atoms with Crippen molar-refractivity contribution in [2.45, 2.75) is 69.6 Å². The van der Waals surface area contributed by atoms with E-state index in [2.05, 4.69) is 16.0 Å². The first-order chi connectivity index (χ1) is 16.3. The summed E-state index contributed by atoms with van der Waals surface area (Å²) in [6.07, 6.45) is 3.23. The van der Waals surface area contributed by atoms with Crippen molar-refractivity contribution in [2.75, 3.05) is 20.1 Å². The Balaban J connectivity index is 2.10. The molecular weight excluding hydrogens is 436 g/mol. The third-order valence-electron chi connectivity index (χ3n) is 6.17. The average Bonchev–Trinajstić information content (AvgIpc) is 3.32. The molecule has 1 aliphatic rings. The molecule has 34 heavy (non-hydrogen) atoms. The number of primary amides is 1. The van der Waals surface area contributed by atoms with E-state index < -0.39 is 36.0 Å². The maximum Gasteiger partial charge on any atom is 0.245 e. The van der Waals surface area contributed by atoms with Gasteiger partial charge in [-0.25, -0.2) is 0 Å². The number of hydrogen-bond donors (Lipinski definition) is 5. The quantitative estimate of drug-likeness (QED) is 0.240. The lowest BCUT2D eigenvalue weighted by Crippen LogP contribution is -2.57. The lowest BCUT2D eigenvalue weighted by molar-refractivity contribution is -0.142. The molecule has 10 nitrogen and oxygen atoms in total. The van der Waals surface area contributed by atoms with Crippen LogP contribution in [0.4, 0.5) is 0 Å². The van der Waals surface area contributed by atoms with Crippen molar-refractivity contribution >= 4 is 23.6 Å². The number of rotatable bonds is 13. The summed E-state index contributed by atoms with van der Waals surface area (Å²) < 4.78 is 0. The van der Waals surface area contributed by atoms with E-state index in [1.165, 1.54) is 4.90 Å². The number of nitrogens with zero attached hydrogens (tertiary/aromatic N) is 1. The number of amides is 4. The summed E-state index contributed by atoms with van der Waals surface area (Å²) in [6, 6.07) is 6.45. The number of hydrogen-bond acceptors (Lipinski definition) is 6. The number of nitrogens with two attached hydrogens (primary N) is 2. The normalized spacial score (nSPS) is 18.1. The van der Waals surface area contributed by atoms with Crippen LogP contribution in [0.2, 0.25) is 0 Å². The molecule has 0 spiro atoms. The topological polar surface area (TPSA) is 160 Å². The van der Waals surface area contributed by atoms with Crippen molar-refractivity contribution in [3.63, 3.8) is 0 Å². The average molecular weight is 475 g/mol. The van der Waals surface area contributed by atoms with Crippen LogP contribution in [-0.2, 0) is 25.6 Å². The number of likely N-dealkylation sites (N-methyl/N-ethyl adjacent to an activating group) is 1. The number of likely N-dealkylation sites (tertiary alicyclic amines) is 1. The second-order valence-corrected chi connectivity index (χ2v) is 8.70. The molecule has 1 heterocycles. The van der Waals surface area contributed by atoms with Crippen LogP contribution in [-0.4, -0.2) is 72.8 Å². The summed E-state index contributed by atoms with van der Waals surface area (Å²) >= 11 is 0. The zero-order valence-corrected chi connectivity index (χ0v) is 20.1. The van der Waals surface area contributed by atoms with Gasteiger partial charge in [0.05, 0.1) is 6.04 Å². The fourth-order valence-corrected chi connectivity index (χ4v) is 4.02. The van der Waals surface area contributed by atoms with E-state index >= 15 is 0 Å². The fourth-order valence-electron chi connectivity index (χ4n) is 4.02. The number of benzene rings is 1. The molecule has 1 aromatic carbocycles. The van der Waals surface area contributed by atoms with Gasteiger partial charge in [0.25, 0.3) is 0 Å². The number of nitrogens with one attached hydrogen (secondary N) is 3. The van der Waals surface area contributed by atoms with E-state index in [0.29, 0.717) is 38.8 Å². The van der Waals surface area contributed by atoms with Crippen molar-refractivity contribution < 1.29 is 19.2 Å². The van der Waals surface area contributed by atoms with Crippen LogP contribution in [0.5, 0.6) is 0 Å². The Morgan fingerprint density at radius 1 is 1.09 bits per heavy atom. The number of carbonyl (C=O) groups is 4. The van der Waals surface area contributed by atoms with E-state index in [4.69, 9.17) is 11.5 Å². The first kappa shape index (κ1) is 27.3. The Morgan fingerprint density at radius 2 is 1.79 bits per heavy atom. The van der Waals surface area contributed by atoms with Gasteiger partial charge in [-0.2, -0.15) is 0 Å². The van der Waals surface area contributed by atoms with Gasteiger partial charge in [-0.05, 0) is 58.2 Å².